The Kier molecular flexibility index (Phi) is 4.00. The van der Waals surface area contributed by atoms with Gasteiger partial charge in [0.15, 0.2) is 0 Å². The highest BCUT2D eigenvalue weighted by Gasteiger charge is 2.37. The second kappa shape index (κ2) is 5.35. The molecular formula is C15H21F2N. The maximum Gasteiger partial charge on any atom is 0.129 e. The molecule has 0 heterocycles. The number of benzene rings is 1. The molecule has 0 radical (unpaired) electrons. The maximum absolute atomic E-state index is 13.7. The Balaban J connectivity index is 2.16. The zero-order valence-corrected chi connectivity index (χ0v) is 10.9. The summed E-state index contributed by atoms with van der Waals surface area (Å²) in [5, 5.41) is 0. The van der Waals surface area contributed by atoms with Crippen LogP contribution in [0.1, 0.15) is 38.2 Å². The van der Waals surface area contributed by atoms with Crippen molar-refractivity contribution < 1.29 is 8.78 Å². The minimum Gasteiger partial charge on any atom is -0.330 e. The van der Waals surface area contributed by atoms with Gasteiger partial charge in [0.1, 0.15) is 11.6 Å². The van der Waals surface area contributed by atoms with Crippen LogP contribution in [0.3, 0.4) is 0 Å². The van der Waals surface area contributed by atoms with E-state index in [2.05, 4.69) is 6.92 Å². The van der Waals surface area contributed by atoms with Crippen LogP contribution in [0.15, 0.2) is 18.2 Å². The molecule has 0 spiro atoms. The molecular weight excluding hydrogens is 232 g/mol. The van der Waals surface area contributed by atoms with Gasteiger partial charge in [0, 0.05) is 6.07 Å². The normalized spacial score (nSPS) is 27.7. The van der Waals surface area contributed by atoms with E-state index in [0.29, 0.717) is 24.4 Å². The molecule has 1 aromatic rings. The van der Waals surface area contributed by atoms with Crippen molar-refractivity contribution in [2.24, 2.45) is 17.1 Å². The van der Waals surface area contributed by atoms with E-state index >= 15 is 0 Å². The lowest BCUT2D eigenvalue weighted by atomic mass is 9.79. The van der Waals surface area contributed by atoms with Crippen molar-refractivity contribution >= 4 is 0 Å². The van der Waals surface area contributed by atoms with Crippen molar-refractivity contribution in [1.29, 1.82) is 0 Å². The van der Waals surface area contributed by atoms with Crippen LogP contribution in [0.25, 0.3) is 0 Å². The third-order valence-corrected chi connectivity index (χ3v) is 4.40. The van der Waals surface area contributed by atoms with Crippen molar-refractivity contribution in [2.75, 3.05) is 6.54 Å². The summed E-state index contributed by atoms with van der Waals surface area (Å²) in [5.74, 6) is -0.254. The molecule has 1 aliphatic carbocycles. The lowest BCUT2D eigenvalue weighted by molar-refractivity contribution is 0.287. The topological polar surface area (TPSA) is 26.0 Å². The van der Waals surface area contributed by atoms with Crippen molar-refractivity contribution in [3.8, 4) is 0 Å². The maximum atomic E-state index is 13.7. The van der Waals surface area contributed by atoms with E-state index in [1.165, 1.54) is 12.5 Å². The van der Waals surface area contributed by atoms with E-state index in [0.717, 1.165) is 25.3 Å². The van der Waals surface area contributed by atoms with Crippen LogP contribution in [0.4, 0.5) is 8.78 Å². The molecule has 3 heteroatoms. The molecule has 0 bridgehead atoms. The molecule has 0 aliphatic heterocycles. The summed E-state index contributed by atoms with van der Waals surface area (Å²) in [6.45, 7) is 2.77. The number of nitrogens with two attached hydrogens (primary N) is 1. The summed E-state index contributed by atoms with van der Waals surface area (Å²) in [6.07, 6.45) is 5.09. The summed E-state index contributed by atoms with van der Waals surface area (Å²) < 4.78 is 26.6. The Labute approximate surface area is 107 Å². The van der Waals surface area contributed by atoms with E-state index < -0.39 is 11.6 Å². The van der Waals surface area contributed by atoms with Gasteiger partial charge in [0.05, 0.1) is 0 Å². The number of hydrogen-bond donors (Lipinski definition) is 1. The minimum absolute atomic E-state index is 0.0132. The van der Waals surface area contributed by atoms with Crippen LogP contribution < -0.4 is 5.73 Å². The number of hydrogen-bond acceptors (Lipinski definition) is 1. The summed E-state index contributed by atoms with van der Waals surface area (Å²) in [7, 11) is 0. The average molecular weight is 253 g/mol. The Hall–Kier alpha value is -0.960. The molecule has 1 saturated carbocycles. The molecule has 18 heavy (non-hydrogen) atoms. The molecule has 1 aliphatic rings. The fourth-order valence-electron chi connectivity index (χ4n) is 3.16. The highest BCUT2D eigenvalue weighted by atomic mass is 19.1. The van der Waals surface area contributed by atoms with Crippen LogP contribution in [-0.4, -0.2) is 6.54 Å². The van der Waals surface area contributed by atoms with Crippen molar-refractivity contribution in [1.82, 2.24) is 0 Å². The van der Waals surface area contributed by atoms with Crippen LogP contribution in [0.5, 0.6) is 0 Å². The van der Waals surface area contributed by atoms with E-state index in [-0.39, 0.29) is 5.41 Å². The molecule has 2 unspecified atom stereocenters. The van der Waals surface area contributed by atoms with E-state index in [4.69, 9.17) is 5.73 Å². The predicted octanol–water partition coefficient (Wildman–Crippen LogP) is 3.66. The Bertz CT molecular complexity index is 419. The lowest BCUT2D eigenvalue weighted by Crippen LogP contribution is -2.30. The fraction of sp³-hybridized carbons (Fsp3) is 0.600. The van der Waals surface area contributed by atoms with Gasteiger partial charge in [-0.1, -0.05) is 19.4 Å². The second-order valence-electron chi connectivity index (χ2n) is 5.63. The zero-order valence-electron chi connectivity index (χ0n) is 10.9. The van der Waals surface area contributed by atoms with Crippen molar-refractivity contribution in [3.63, 3.8) is 0 Å². The molecule has 1 aromatic carbocycles. The quantitative estimate of drug-likeness (QED) is 0.870. The third kappa shape index (κ3) is 2.72. The molecule has 2 rings (SSSR count). The second-order valence-corrected chi connectivity index (χ2v) is 5.63. The summed E-state index contributed by atoms with van der Waals surface area (Å²) in [6, 6.07) is 3.85. The zero-order chi connectivity index (χ0) is 13.2. The molecule has 2 atom stereocenters. The molecule has 2 N–H and O–H groups in total. The first-order valence-corrected chi connectivity index (χ1v) is 6.72. The van der Waals surface area contributed by atoms with Gasteiger partial charge in [-0.15, -0.1) is 0 Å². The van der Waals surface area contributed by atoms with Crippen molar-refractivity contribution in [3.05, 3.63) is 35.4 Å². The van der Waals surface area contributed by atoms with Crippen molar-refractivity contribution in [2.45, 2.75) is 39.0 Å². The van der Waals surface area contributed by atoms with Gasteiger partial charge in [-0.2, -0.15) is 0 Å². The molecule has 0 amide bonds. The Morgan fingerprint density at radius 3 is 2.72 bits per heavy atom. The van der Waals surface area contributed by atoms with Gasteiger partial charge in [0.25, 0.3) is 0 Å². The minimum atomic E-state index is -0.518. The number of rotatable bonds is 4. The standard InChI is InChI=1S/C15H21F2N/c1-2-11-5-6-15(8-11,10-18)9-12-3-4-13(16)7-14(12)17/h3-4,7,11H,2,5-6,8-10,18H2,1H3. The van der Waals surface area contributed by atoms with Crippen LogP contribution in [-0.2, 0) is 6.42 Å². The Morgan fingerprint density at radius 1 is 1.39 bits per heavy atom. The lowest BCUT2D eigenvalue weighted by Gasteiger charge is -2.28. The summed E-state index contributed by atoms with van der Waals surface area (Å²) in [5.41, 5.74) is 6.53. The van der Waals surface area contributed by atoms with Crippen LogP contribution >= 0.6 is 0 Å². The van der Waals surface area contributed by atoms with Gasteiger partial charge >= 0.3 is 0 Å². The predicted molar refractivity (Wildman–Crippen MR) is 69.2 cm³/mol. The first-order chi connectivity index (χ1) is 8.58. The third-order valence-electron chi connectivity index (χ3n) is 4.40. The Morgan fingerprint density at radius 2 is 2.17 bits per heavy atom. The first kappa shape index (κ1) is 13.5. The monoisotopic (exact) mass is 253 g/mol. The van der Waals surface area contributed by atoms with Crippen LogP contribution in [0.2, 0.25) is 0 Å². The van der Waals surface area contributed by atoms with Gasteiger partial charge < -0.3 is 5.73 Å². The molecule has 0 saturated heterocycles. The summed E-state index contributed by atoms with van der Waals surface area (Å²) >= 11 is 0. The molecule has 1 fully saturated rings. The first-order valence-electron chi connectivity index (χ1n) is 6.72. The smallest absolute Gasteiger partial charge is 0.129 e. The van der Waals surface area contributed by atoms with E-state index in [9.17, 15) is 8.78 Å². The SMILES string of the molecule is CCC1CCC(CN)(Cc2ccc(F)cc2F)C1. The molecule has 1 nitrogen and oxygen atoms in total. The van der Waals surface area contributed by atoms with Gasteiger partial charge in [0.2, 0.25) is 0 Å². The van der Waals surface area contributed by atoms with Gasteiger partial charge in [-0.25, -0.2) is 8.78 Å². The fourth-order valence-corrected chi connectivity index (χ4v) is 3.16. The van der Waals surface area contributed by atoms with Gasteiger partial charge in [-0.3, -0.25) is 0 Å². The molecule has 100 valence electrons. The molecule has 0 aromatic heterocycles. The van der Waals surface area contributed by atoms with E-state index in [1.807, 2.05) is 0 Å². The van der Waals surface area contributed by atoms with E-state index in [1.54, 1.807) is 6.07 Å². The highest BCUT2D eigenvalue weighted by Crippen LogP contribution is 2.44. The van der Waals surface area contributed by atoms with Gasteiger partial charge in [-0.05, 0) is 55.2 Å². The number of halogens is 2. The van der Waals surface area contributed by atoms with Crippen LogP contribution in [0, 0.1) is 23.0 Å². The summed E-state index contributed by atoms with van der Waals surface area (Å²) in [4.78, 5) is 0. The average Bonchev–Trinajstić information content (AvgIpc) is 2.77. The largest absolute Gasteiger partial charge is 0.330 e. The highest BCUT2D eigenvalue weighted by molar-refractivity contribution is 5.20.